The maximum absolute atomic E-state index is 9.93. The van der Waals surface area contributed by atoms with Crippen molar-refractivity contribution in [2.45, 2.75) is 69.4 Å². The first-order chi connectivity index (χ1) is 17.4. The van der Waals surface area contributed by atoms with Gasteiger partial charge in [0.2, 0.25) is 5.88 Å². The fourth-order valence-electron chi connectivity index (χ4n) is 6.62. The lowest BCUT2D eigenvalue weighted by Gasteiger charge is -2.33. The Bertz CT molecular complexity index is 1380. The Labute approximate surface area is 215 Å². The third-order valence-electron chi connectivity index (χ3n) is 8.30. The van der Waals surface area contributed by atoms with Crippen molar-refractivity contribution in [2.75, 3.05) is 19.3 Å². The zero-order valence-corrected chi connectivity index (χ0v) is 21.3. The largest absolute Gasteiger partial charge is 0.473 e. The summed E-state index contributed by atoms with van der Waals surface area (Å²) in [7, 11) is 2.12. The standard InChI is InChI=1S/C27H29ClN6O2/c1-15(20-6-4-12-34(20)2)35-22-13-21(28)31-26(32-22)24-17-5-3-10-27(25(17)36-33-24)11-9-16-7-8-19(30)18(14-29)23(16)27/h7-8,13,15,20H,3-6,9-12,30H2,1-2H3/t15-,20-,27+/m0/s1. The molecular weight excluding hydrogens is 476 g/mol. The summed E-state index contributed by atoms with van der Waals surface area (Å²) in [6, 6.07) is 8.21. The van der Waals surface area contributed by atoms with Crippen molar-refractivity contribution in [2.24, 2.45) is 0 Å². The predicted molar refractivity (Wildman–Crippen MR) is 136 cm³/mol. The molecule has 1 fully saturated rings. The molecule has 0 amide bonds. The SMILES string of the molecule is C[C@H](Oc1cc(Cl)nc(-c2noc3c2CCC[C@]32CCc3ccc(N)c(C#N)c32)n1)[C@@H]1CCCN1C. The number of hydrogen-bond acceptors (Lipinski definition) is 8. The summed E-state index contributed by atoms with van der Waals surface area (Å²) in [6.07, 6.45) is 6.59. The van der Waals surface area contributed by atoms with E-state index < -0.39 is 5.41 Å². The van der Waals surface area contributed by atoms with E-state index in [9.17, 15) is 5.26 Å². The molecule has 36 heavy (non-hydrogen) atoms. The normalized spacial score (nSPS) is 23.9. The molecule has 3 aromatic rings. The molecule has 2 aliphatic carbocycles. The highest BCUT2D eigenvalue weighted by Crippen LogP contribution is 2.54. The van der Waals surface area contributed by atoms with Crippen LogP contribution in [-0.4, -0.2) is 45.8 Å². The Morgan fingerprint density at radius 3 is 2.92 bits per heavy atom. The van der Waals surface area contributed by atoms with Crippen molar-refractivity contribution in [1.29, 1.82) is 5.26 Å². The third-order valence-corrected chi connectivity index (χ3v) is 8.49. The van der Waals surface area contributed by atoms with E-state index in [0.29, 0.717) is 39.8 Å². The van der Waals surface area contributed by atoms with Gasteiger partial charge in [0.25, 0.3) is 0 Å². The maximum Gasteiger partial charge on any atom is 0.218 e. The van der Waals surface area contributed by atoms with Crippen LogP contribution in [0.1, 0.15) is 67.0 Å². The first-order valence-electron chi connectivity index (χ1n) is 12.6. The van der Waals surface area contributed by atoms with Gasteiger partial charge in [-0.2, -0.15) is 10.2 Å². The van der Waals surface area contributed by atoms with Crippen LogP contribution in [0.15, 0.2) is 22.7 Å². The minimum atomic E-state index is -0.409. The minimum absolute atomic E-state index is 0.0318. The first kappa shape index (κ1) is 23.3. The molecule has 0 unspecified atom stereocenters. The van der Waals surface area contributed by atoms with Crippen LogP contribution < -0.4 is 10.5 Å². The number of benzene rings is 1. The highest BCUT2D eigenvalue weighted by molar-refractivity contribution is 6.29. The molecule has 3 atom stereocenters. The van der Waals surface area contributed by atoms with E-state index in [1.165, 1.54) is 6.42 Å². The molecule has 3 aliphatic rings. The molecule has 0 saturated carbocycles. The molecule has 2 aromatic heterocycles. The van der Waals surface area contributed by atoms with Gasteiger partial charge >= 0.3 is 0 Å². The number of nitrogen functional groups attached to an aromatic ring is 1. The number of nitrogens with two attached hydrogens (primary N) is 1. The lowest BCUT2D eigenvalue weighted by Crippen LogP contribution is -2.38. The van der Waals surface area contributed by atoms with E-state index in [2.05, 4.69) is 35.1 Å². The molecule has 1 spiro atoms. The second kappa shape index (κ2) is 8.75. The molecule has 1 aromatic carbocycles. The number of aromatic nitrogens is 3. The number of fused-ring (bicyclic) bond motifs is 4. The number of rotatable bonds is 4. The maximum atomic E-state index is 9.93. The second-order valence-electron chi connectivity index (χ2n) is 10.3. The summed E-state index contributed by atoms with van der Waals surface area (Å²) in [5.41, 5.74) is 10.6. The van der Waals surface area contributed by atoms with Crippen molar-refractivity contribution in [1.82, 2.24) is 20.0 Å². The Balaban J connectivity index is 1.39. The Kier molecular flexibility index (Phi) is 5.66. The summed E-state index contributed by atoms with van der Waals surface area (Å²) in [5.74, 6) is 1.64. The van der Waals surface area contributed by atoms with Gasteiger partial charge in [0, 0.05) is 23.4 Å². The summed E-state index contributed by atoms with van der Waals surface area (Å²) in [4.78, 5) is 11.5. The molecule has 1 aliphatic heterocycles. The number of anilines is 1. The van der Waals surface area contributed by atoms with Crippen LogP contribution in [0.3, 0.4) is 0 Å². The zero-order valence-electron chi connectivity index (χ0n) is 20.6. The Hall–Kier alpha value is -3.15. The van der Waals surface area contributed by atoms with Crippen LogP contribution in [-0.2, 0) is 18.3 Å². The van der Waals surface area contributed by atoms with Crippen LogP contribution in [0.25, 0.3) is 11.5 Å². The van der Waals surface area contributed by atoms with E-state index in [1.54, 1.807) is 6.07 Å². The quantitative estimate of drug-likeness (QED) is 0.402. The van der Waals surface area contributed by atoms with E-state index in [4.69, 9.17) is 31.6 Å². The van der Waals surface area contributed by atoms with Gasteiger partial charge in [-0.05, 0) is 82.7 Å². The predicted octanol–water partition coefficient (Wildman–Crippen LogP) is 4.67. The number of nitriles is 1. The van der Waals surface area contributed by atoms with Gasteiger partial charge in [-0.3, -0.25) is 4.90 Å². The van der Waals surface area contributed by atoms with Gasteiger partial charge in [0.15, 0.2) is 17.3 Å². The van der Waals surface area contributed by atoms with Crippen LogP contribution in [0, 0.1) is 11.3 Å². The number of aryl methyl sites for hydroxylation is 1. The van der Waals surface area contributed by atoms with Gasteiger partial charge < -0.3 is 15.0 Å². The molecule has 0 bridgehead atoms. The lowest BCUT2D eigenvalue weighted by molar-refractivity contribution is 0.117. The monoisotopic (exact) mass is 504 g/mol. The van der Waals surface area contributed by atoms with Crippen LogP contribution in [0.5, 0.6) is 5.88 Å². The number of likely N-dealkylation sites (tertiary alicyclic amines) is 1. The van der Waals surface area contributed by atoms with Gasteiger partial charge in [-0.1, -0.05) is 22.8 Å². The Morgan fingerprint density at radius 2 is 2.14 bits per heavy atom. The van der Waals surface area contributed by atoms with Gasteiger partial charge in [-0.15, -0.1) is 0 Å². The highest BCUT2D eigenvalue weighted by atomic mass is 35.5. The number of likely N-dealkylation sites (N-methyl/N-ethyl adjacent to an activating group) is 1. The number of ether oxygens (including phenoxy) is 1. The van der Waals surface area contributed by atoms with Crippen molar-refractivity contribution >= 4 is 17.3 Å². The van der Waals surface area contributed by atoms with Crippen LogP contribution in [0.4, 0.5) is 5.69 Å². The highest BCUT2D eigenvalue weighted by Gasteiger charge is 2.49. The van der Waals surface area contributed by atoms with Crippen molar-refractivity contribution < 1.29 is 9.26 Å². The summed E-state index contributed by atoms with van der Waals surface area (Å²) in [6.45, 7) is 3.14. The summed E-state index contributed by atoms with van der Waals surface area (Å²) in [5, 5.41) is 14.7. The molecular formula is C27H29ClN6O2. The molecule has 2 N–H and O–H groups in total. The van der Waals surface area contributed by atoms with Gasteiger partial charge in [0.05, 0.1) is 11.0 Å². The fraction of sp³-hybridized carbons (Fsp3) is 0.481. The molecule has 1 saturated heterocycles. The van der Waals surface area contributed by atoms with E-state index in [1.807, 2.05) is 12.1 Å². The van der Waals surface area contributed by atoms with E-state index in [0.717, 1.165) is 67.5 Å². The average Bonchev–Trinajstić information content (AvgIpc) is 3.57. The molecule has 186 valence electrons. The van der Waals surface area contributed by atoms with Gasteiger partial charge in [-0.25, -0.2) is 4.98 Å². The van der Waals surface area contributed by atoms with Crippen molar-refractivity contribution in [3.8, 4) is 23.5 Å². The molecule has 9 heteroatoms. The second-order valence-corrected chi connectivity index (χ2v) is 10.7. The average molecular weight is 505 g/mol. The molecule has 0 radical (unpaired) electrons. The fourth-order valence-corrected chi connectivity index (χ4v) is 6.80. The lowest BCUT2D eigenvalue weighted by atomic mass is 9.68. The minimum Gasteiger partial charge on any atom is -0.473 e. The van der Waals surface area contributed by atoms with Crippen LogP contribution in [0.2, 0.25) is 5.15 Å². The number of hydrogen-bond donors (Lipinski definition) is 1. The topological polar surface area (TPSA) is 114 Å². The van der Waals surface area contributed by atoms with Crippen molar-refractivity contribution in [3.63, 3.8) is 0 Å². The smallest absolute Gasteiger partial charge is 0.218 e. The van der Waals surface area contributed by atoms with Crippen LogP contribution >= 0.6 is 11.6 Å². The third kappa shape index (κ3) is 3.56. The molecule has 8 nitrogen and oxygen atoms in total. The number of nitrogens with zero attached hydrogens (tertiary/aromatic N) is 5. The van der Waals surface area contributed by atoms with E-state index in [-0.39, 0.29) is 6.10 Å². The van der Waals surface area contributed by atoms with E-state index >= 15 is 0 Å². The number of halogens is 1. The van der Waals surface area contributed by atoms with Crippen molar-refractivity contribution in [3.05, 3.63) is 51.4 Å². The first-order valence-corrected chi connectivity index (χ1v) is 13.0. The Morgan fingerprint density at radius 1 is 1.28 bits per heavy atom. The van der Waals surface area contributed by atoms with Gasteiger partial charge in [0.1, 0.15) is 17.3 Å². The summed E-state index contributed by atoms with van der Waals surface area (Å²) < 4.78 is 12.3. The summed E-state index contributed by atoms with van der Waals surface area (Å²) >= 11 is 6.42. The molecule has 3 heterocycles. The zero-order chi connectivity index (χ0) is 25.0. The molecule has 6 rings (SSSR count).